The van der Waals surface area contributed by atoms with E-state index in [1.807, 2.05) is 30.3 Å². The molecule has 0 saturated carbocycles. The standard InChI is InChI=1S/C22H24ClN3O4S2/c1-3-26(4-2)32(28,29)20-12-17(10-11-19(20)23)24-21(27)15-31-14-18-13-30-22(25-18)16-8-6-5-7-9-16/h5-13H,3-4,14-15H2,1-2H3,(H,24,27). The maximum atomic E-state index is 12.8. The fraction of sp³-hybridized carbons (Fsp3) is 0.273. The van der Waals surface area contributed by atoms with Gasteiger partial charge in [-0.25, -0.2) is 13.4 Å². The third kappa shape index (κ3) is 5.92. The fourth-order valence-electron chi connectivity index (χ4n) is 3.01. The van der Waals surface area contributed by atoms with Crippen LogP contribution in [0.1, 0.15) is 19.5 Å². The Morgan fingerprint density at radius 2 is 1.88 bits per heavy atom. The van der Waals surface area contributed by atoms with Crippen LogP contribution in [0.5, 0.6) is 0 Å². The van der Waals surface area contributed by atoms with E-state index >= 15 is 0 Å². The zero-order valence-corrected chi connectivity index (χ0v) is 20.1. The molecular weight excluding hydrogens is 470 g/mol. The van der Waals surface area contributed by atoms with Gasteiger partial charge in [0.05, 0.1) is 16.5 Å². The molecule has 1 N–H and O–H groups in total. The summed E-state index contributed by atoms with van der Waals surface area (Å²) in [5, 5.41) is 2.84. The van der Waals surface area contributed by atoms with Gasteiger partial charge in [-0.3, -0.25) is 4.79 Å². The SMILES string of the molecule is CCN(CC)S(=O)(=O)c1cc(NC(=O)CSCc2coc(-c3ccccc3)n2)ccc1Cl. The van der Waals surface area contributed by atoms with Crippen molar-refractivity contribution in [2.75, 3.05) is 24.2 Å². The van der Waals surface area contributed by atoms with Gasteiger partial charge in [-0.1, -0.05) is 43.6 Å². The highest BCUT2D eigenvalue weighted by molar-refractivity contribution is 7.99. The fourth-order valence-corrected chi connectivity index (χ4v) is 5.67. The average molecular weight is 494 g/mol. The number of thioether (sulfide) groups is 1. The number of carbonyl (C=O) groups excluding carboxylic acids is 1. The number of sulfonamides is 1. The number of benzene rings is 2. The van der Waals surface area contributed by atoms with Crippen LogP contribution in [-0.4, -0.2) is 42.5 Å². The maximum absolute atomic E-state index is 12.8. The second-order valence-corrected chi connectivity index (χ2v) is 10.1. The molecule has 1 heterocycles. The predicted molar refractivity (Wildman–Crippen MR) is 128 cm³/mol. The van der Waals surface area contributed by atoms with Gasteiger partial charge in [0.25, 0.3) is 0 Å². The second-order valence-electron chi connectivity index (χ2n) is 6.79. The summed E-state index contributed by atoms with van der Waals surface area (Å²) in [4.78, 5) is 16.8. The molecule has 1 aromatic heterocycles. The number of amides is 1. The summed E-state index contributed by atoms with van der Waals surface area (Å²) in [6.07, 6.45) is 1.58. The van der Waals surface area contributed by atoms with Crippen LogP contribution in [-0.2, 0) is 20.6 Å². The van der Waals surface area contributed by atoms with E-state index in [0.29, 0.717) is 30.4 Å². The molecular formula is C22H24ClN3O4S2. The minimum atomic E-state index is -3.74. The van der Waals surface area contributed by atoms with Crippen LogP contribution in [0.4, 0.5) is 5.69 Å². The molecule has 3 rings (SSSR count). The van der Waals surface area contributed by atoms with Crippen molar-refractivity contribution in [3.63, 3.8) is 0 Å². The summed E-state index contributed by atoms with van der Waals surface area (Å²) in [5.41, 5.74) is 2.00. The first-order chi connectivity index (χ1) is 15.3. The van der Waals surface area contributed by atoms with Crippen LogP contribution < -0.4 is 5.32 Å². The number of nitrogens with zero attached hydrogens (tertiary/aromatic N) is 2. The van der Waals surface area contributed by atoms with E-state index in [1.54, 1.807) is 26.2 Å². The van der Waals surface area contributed by atoms with E-state index < -0.39 is 10.0 Å². The lowest BCUT2D eigenvalue weighted by Crippen LogP contribution is -2.31. The van der Waals surface area contributed by atoms with Crippen molar-refractivity contribution in [3.8, 4) is 11.5 Å². The summed E-state index contributed by atoms with van der Waals surface area (Å²) in [6, 6.07) is 14.0. The third-order valence-electron chi connectivity index (χ3n) is 4.59. The van der Waals surface area contributed by atoms with Crippen LogP contribution >= 0.6 is 23.4 Å². The molecule has 170 valence electrons. The molecule has 0 unspecified atom stereocenters. The monoisotopic (exact) mass is 493 g/mol. The highest BCUT2D eigenvalue weighted by Gasteiger charge is 2.25. The molecule has 0 radical (unpaired) electrons. The van der Waals surface area contributed by atoms with Crippen LogP contribution in [0.15, 0.2) is 64.1 Å². The Kier molecular flexibility index (Phi) is 8.36. The zero-order valence-electron chi connectivity index (χ0n) is 17.7. The minimum absolute atomic E-state index is 0.0237. The maximum Gasteiger partial charge on any atom is 0.244 e. The van der Waals surface area contributed by atoms with Crippen LogP contribution in [0, 0.1) is 0 Å². The molecule has 0 fully saturated rings. The predicted octanol–water partition coefficient (Wildman–Crippen LogP) is 4.90. The minimum Gasteiger partial charge on any atom is -0.444 e. The Hall–Kier alpha value is -2.33. The van der Waals surface area contributed by atoms with Gasteiger partial charge in [0.1, 0.15) is 11.2 Å². The largest absolute Gasteiger partial charge is 0.444 e. The van der Waals surface area contributed by atoms with Gasteiger partial charge in [0, 0.05) is 30.1 Å². The second kappa shape index (κ2) is 11.0. The quantitative estimate of drug-likeness (QED) is 0.432. The first-order valence-corrected chi connectivity index (χ1v) is 13.0. The van der Waals surface area contributed by atoms with E-state index in [9.17, 15) is 13.2 Å². The normalized spacial score (nSPS) is 11.6. The molecule has 3 aromatic rings. The van der Waals surface area contributed by atoms with Crippen molar-refractivity contribution in [3.05, 3.63) is 65.5 Å². The molecule has 0 aliphatic carbocycles. The van der Waals surface area contributed by atoms with E-state index in [0.717, 1.165) is 11.3 Å². The molecule has 32 heavy (non-hydrogen) atoms. The Morgan fingerprint density at radius 1 is 1.16 bits per heavy atom. The third-order valence-corrected chi connectivity index (χ3v) is 8.09. The Bertz CT molecular complexity index is 1160. The van der Waals surface area contributed by atoms with Crippen molar-refractivity contribution in [1.82, 2.24) is 9.29 Å². The first-order valence-electron chi connectivity index (χ1n) is 10.0. The Morgan fingerprint density at radius 3 is 2.56 bits per heavy atom. The smallest absolute Gasteiger partial charge is 0.244 e. The van der Waals surface area contributed by atoms with E-state index in [-0.39, 0.29) is 21.6 Å². The van der Waals surface area contributed by atoms with E-state index in [4.69, 9.17) is 16.0 Å². The van der Waals surface area contributed by atoms with E-state index in [1.165, 1.54) is 28.2 Å². The Labute approximate surface area is 197 Å². The van der Waals surface area contributed by atoms with Crippen molar-refractivity contribution >= 4 is 45.0 Å². The van der Waals surface area contributed by atoms with Crippen molar-refractivity contribution in [2.45, 2.75) is 24.5 Å². The van der Waals surface area contributed by atoms with Gasteiger partial charge in [-0.15, -0.1) is 11.8 Å². The highest BCUT2D eigenvalue weighted by Crippen LogP contribution is 2.28. The molecule has 1 amide bonds. The molecule has 0 bridgehead atoms. The summed E-state index contributed by atoms with van der Waals surface area (Å²) in [6.45, 7) is 4.18. The molecule has 0 atom stereocenters. The van der Waals surface area contributed by atoms with Crippen LogP contribution in [0.25, 0.3) is 11.5 Å². The van der Waals surface area contributed by atoms with Crippen molar-refractivity contribution in [1.29, 1.82) is 0 Å². The Balaban J connectivity index is 1.58. The van der Waals surface area contributed by atoms with E-state index in [2.05, 4.69) is 10.3 Å². The zero-order chi connectivity index (χ0) is 23.1. The molecule has 0 aliphatic heterocycles. The van der Waals surface area contributed by atoms with Crippen molar-refractivity contribution in [2.24, 2.45) is 0 Å². The lowest BCUT2D eigenvalue weighted by atomic mass is 10.2. The molecule has 10 heteroatoms. The number of anilines is 1. The molecule has 2 aromatic carbocycles. The number of carbonyl (C=O) groups is 1. The van der Waals surface area contributed by atoms with Gasteiger partial charge < -0.3 is 9.73 Å². The van der Waals surface area contributed by atoms with Gasteiger partial charge in [0.2, 0.25) is 21.8 Å². The molecule has 0 saturated heterocycles. The highest BCUT2D eigenvalue weighted by atomic mass is 35.5. The summed E-state index contributed by atoms with van der Waals surface area (Å²) < 4.78 is 32.4. The van der Waals surface area contributed by atoms with Crippen LogP contribution in [0.3, 0.4) is 0 Å². The van der Waals surface area contributed by atoms with Gasteiger partial charge >= 0.3 is 0 Å². The average Bonchev–Trinajstić information content (AvgIpc) is 3.25. The topological polar surface area (TPSA) is 92.5 Å². The summed E-state index contributed by atoms with van der Waals surface area (Å²) in [5.74, 6) is 0.962. The lowest BCUT2D eigenvalue weighted by Gasteiger charge is -2.19. The lowest BCUT2D eigenvalue weighted by molar-refractivity contribution is -0.113. The number of oxazole rings is 1. The number of hydrogen-bond donors (Lipinski definition) is 1. The van der Waals surface area contributed by atoms with Crippen molar-refractivity contribution < 1.29 is 17.6 Å². The molecule has 0 spiro atoms. The summed E-state index contributed by atoms with van der Waals surface area (Å²) >= 11 is 7.51. The van der Waals surface area contributed by atoms with Gasteiger partial charge in [-0.05, 0) is 30.3 Å². The van der Waals surface area contributed by atoms with Gasteiger partial charge in [0.15, 0.2) is 0 Å². The number of halogens is 1. The number of rotatable bonds is 10. The number of nitrogens with one attached hydrogen (secondary N) is 1. The van der Waals surface area contributed by atoms with Crippen LogP contribution in [0.2, 0.25) is 5.02 Å². The number of aromatic nitrogens is 1. The first kappa shape index (κ1) is 24.3. The molecule has 7 nitrogen and oxygen atoms in total. The van der Waals surface area contributed by atoms with Gasteiger partial charge in [-0.2, -0.15) is 4.31 Å². The molecule has 0 aliphatic rings. The summed E-state index contributed by atoms with van der Waals surface area (Å²) in [7, 11) is -3.74. The number of hydrogen-bond acceptors (Lipinski definition) is 6.